The Labute approximate surface area is 184 Å². The minimum atomic E-state index is -4.56. The molecule has 0 aliphatic rings. The largest absolute Gasteiger partial charge is 0.455 e. The van der Waals surface area contributed by atoms with Crippen LogP contribution in [-0.4, -0.2) is 28.8 Å². The van der Waals surface area contributed by atoms with E-state index in [1.165, 1.54) is 6.07 Å². The smallest absolute Gasteiger partial charge is 0.449 e. The first-order valence-corrected chi connectivity index (χ1v) is 10.3. The highest BCUT2D eigenvalue weighted by Crippen LogP contribution is 2.35. The lowest BCUT2D eigenvalue weighted by Gasteiger charge is -2.32. The minimum Gasteiger partial charge on any atom is -0.455 e. The molecule has 0 aliphatic carbocycles. The second-order valence-corrected chi connectivity index (χ2v) is 8.78. The monoisotopic (exact) mass is 452 g/mol. The Bertz CT molecular complexity index is 1010. The van der Waals surface area contributed by atoms with Crippen LogP contribution in [0.15, 0.2) is 53.1 Å². The lowest BCUT2D eigenvalue weighted by Crippen LogP contribution is -2.39. The summed E-state index contributed by atoms with van der Waals surface area (Å²) in [4.78, 5) is 4.79. The maximum absolute atomic E-state index is 13.9. The molecule has 0 unspecified atom stereocenters. The molecule has 0 saturated carbocycles. The number of hydrogen-bond donors (Lipinski definition) is 2. The van der Waals surface area contributed by atoms with Gasteiger partial charge in [-0.15, -0.1) is 0 Å². The van der Waals surface area contributed by atoms with Gasteiger partial charge in [-0.3, -0.25) is 0 Å². The molecule has 9 heteroatoms. The SMILES string of the molecule is CC(C)(C)[C@@H](NC[C@@H](F)CN)c1nc(-c2ccccc2)cn1Cc1ccc(C(F)(F)F)o1. The summed E-state index contributed by atoms with van der Waals surface area (Å²) >= 11 is 0. The molecule has 0 amide bonds. The molecule has 32 heavy (non-hydrogen) atoms. The van der Waals surface area contributed by atoms with Crippen LogP contribution in [0, 0.1) is 5.41 Å². The summed E-state index contributed by atoms with van der Waals surface area (Å²) in [7, 11) is 0. The highest BCUT2D eigenvalue weighted by molar-refractivity contribution is 5.58. The molecule has 2 heterocycles. The van der Waals surface area contributed by atoms with Gasteiger partial charge >= 0.3 is 6.18 Å². The summed E-state index contributed by atoms with van der Waals surface area (Å²) in [5.74, 6) is -0.328. The van der Waals surface area contributed by atoms with Gasteiger partial charge in [0, 0.05) is 24.8 Å². The number of nitrogens with one attached hydrogen (secondary N) is 1. The normalized spacial score (nSPS) is 14.5. The Balaban J connectivity index is 2.02. The zero-order valence-corrected chi connectivity index (χ0v) is 18.3. The van der Waals surface area contributed by atoms with Gasteiger partial charge in [-0.1, -0.05) is 51.1 Å². The van der Waals surface area contributed by atoms with E-state index in [4.69, 9.17) is 15.1 Å². The van der Waals surface area contributed by atoms with E-state index in [-0.39, 0.29) is 36.9 Å². The third-order valence-electron chi connectivity index (χ3n) is 5.07. The van der Waals surface area contributed by atoms with Gasteiger partial charge in [-0.2, -0.15) is 13.2 Å². The minimum absolute atomic E-state index is 0.0327. The third kappa shape index (κ3) is 5.77. The standard InChI is InChI=1S/C23H28F4N4O/c1-22(2,3)20(29-12-16(24)11-28)21-30-18(15-7-5-4-6-8-15)14-31(21)13-17-9-10-19(32-17)23(25,26)27/h4-10,14,16,20,29H,11-13,28H2,1-3H3/t16-,20-/m0/s1. The van der Waals surface area contributed by atoms with E-state index in [0.717, 1.165) is 11.6 Å². The fraction of sp³-hybridized carbons (Fsp3) is 0.435. The van der Waals surface area contributed by atoms with Crippen molar-refractivity contribution in [1.29, 1.82) is 0 Å². The van der Waals surface area contributed by atoms with Crippen molar-refractivity contribution < 1.29 is 22.0 Å². The molecule has 0 fully saturated rings. The van der Waals surface area contributed by atoms with Crippen molar-refractivity contribution in [2.24, 2.45) is 11.1 Å². The first-order chi connectivity index (χ1) is 15.0. The summed E-state index contributed by atoms with van der Waals surface area (Å²) in [6.07, 6.45) is -4.01. The predicted molar refractivity (Wildman–Crippen MR) is 115 cm³/mol. The molecule has 0 saturated heterocycles. The number of rotatable bonds is 8. The van der Waals surface area contributed by atoms with Crippen molar-refractivity contribution in [2.45, 2.75) is 45.7 Å². The van der Waals surface area contributed by atoms with Crippen LogP contribution in [0.4, 0.5) is 17.6 Å². The van der Waals surface area contributed by atoms with Gasteiger partial charge in [0.05, 0.1) is 18.3 Å². The molecule has 3 N–H and O–H groups in total. The van der Waals surface area contributed by atoms with Gasteiger partial charge < -0.3 is 20.0 Å². The van der Waals surface area contributed by atoms with E-state index in [1.807, 2.05) is 51.1 Å². The number of alkyl halides is 4. The third-order valence-corrected chi connectivity index (χ3v) is 5.07. The summed E-state index contributed by atoms with van der Waals surface area (Å²) in [6.45, 7) is 5.92. The van der Waals surface area contributed by atoms with Crippen molar-refractivity contribution in [3.8, 4) is 11.3 Å². The van der Waals surface area contributed by atoms with E-state index in [1.54, 1.807) is 10.8 Å². The van der Waals surface area contributed by atoms with Crippen LogP contribution in [-0.2, 0) is 12.7 Å². The summed E-state index contributed by atoms with van der Waals surface area (Å²) in [5.41, 5.74) is 6.57. The molecule has 3 rings (SSSR count). The molecule has 5 nitrogen and oxygen atoms in total. The van der Waals surface area contributed by atoms with E-state index >= 15 is 0 Å². The lowest BCUT2D eigenvalue weighted by molar-refractivity contribution is -0.153. The number of nitrogens with zero attached hydrogens (tertiary/aromatic N) is 2. The first-order valence-electron chi connectivity index (χ1n) is 10.3. The van der Waals surface area contributed by atoms with Gasteiger partial charge in [-0.25, -0.2) is 9.37 Å². The van der Waals surface area contributed by atoms with Crippen LogP contribution in [0.25, 0.3) is 11.3 Å². The van der Waals surface area contributed by atoms with Crippen molar-refractivity contribution >= 4 is 0 Å². The molecule has 2 atom stereocenters. The fourth-order valence-corrected chi connectivity index (χ4v) is 3.43. The van der Waals surface area contributed by atoms with Crippen LogP contribution >= 0.6 is 0 Å². The van der Waals surface area contributed by atoms with Crippen LogP contribution < -0.4 is 11.1 Å². The average Bonchev–Trinajstić information content (AvgIpc) is 3.35. The molecular weight excluding hydrogens is 424 g/mol. The second kappa shape index (κ2) is 9.46. The fourth-order valence-electron chi connectivity index (χ4n) is 3.43. The van der Waals surface area contributed by atoms with Crippen LogP contribution in [0.3, 0.4) is 0 Å². The maximum atomic E-state index is 13.9. The van der Waals surface area contributed by atoms with Gasteiger partial charge in [0.1, 0.15) is 17.8 Å². The highest BCUT2D eigenvalue weighted by atomic mass is 19.4. The maximum Gasteiger partial charge on any atom is 0.449 e. The Morgan fingerprint density at radius 3 is 2.34 bits per heavy atom. The number of imidazole rings is 1. The molecule has 174 valence electrons. The number of nitrogens with two attached hydrogens (primary N) is 1. The van der Waals surface area contributed by atoms with Gasteiger partial charge in [0.25, 0.3) is 0 Å². The average molecular weight is 452 g/mol. The van der Waals surface area contributed by atoms with Crippen LogP contribution in [0.5, 0.6) is 0 Å². The summed E-state index contributed by atoms with van der Waals surface area (Å²) in [5, 5.41) is 3.20. The molecular formula is C23H28F4N4O. The van der Waals surface area contributed by atoms with Gasteiger partial charge in [0.2, 0.25) is 5.76 Å². The summed E-state index contributed by atoms with van der Waals surface area (Å²) in [6, 6.07) is 11.3. The van der Waals surface area contributed by atoms with Crippen LogP contribution in [0.1, 0.15) is 44.2 Å². The predicted octanol–water partition coefficient (Wildman–Crippen LogP) is 5.18. The van der Waals surface area contributed by atoms with Crippen molar-refractivity contribution in [2.75, 3.05) is 13.1 Å². The van der Waals surface area contributed by atoms with E-state index < -0.39 is 18.1 Å². The van der Waals surface area contributed by atoms with Crippen molar-refractivity contribution in [1.82, 2.24) is 14.9 Å². The number of hydrogen-bond acceptors (Lipinski definition) is 4. The molecule has 0 aliphatic heterocycles. The van der Waals surface area contributed by atoms with E-state index in [9.17, 15) is 17.6 Å². The first kappa shape index (κ1) is 24.0. The lowest BCUT2D eigenvalue weighted by atomic mass is 9.86. The zero-order valence-electron chi connectivity index (χ0n) is 18.3. The Hall–Kier alpha value is -2.65. The highest BCUT2D eigenvalue weighted by Gasteiger charge is 2.35. The molecule has 0 bridgehead atoms. The van der Waals surface area contributed by atoms with Crippen molar-refractivity contribution in [3.05, 3.63) is 66.0 Å². The van der Waals surface area contributed by atoms with E-state index in [0.29, 0.717) is 11.5 Å². The number of furan rings is 1. The van der Waals surface area contributed by atoms with Crippen molar-refractivity contribution in [3.63, 3.8) is 0 Å². The molecule has 2 aromatic heterocycles. The molecule has 0 radical (unpaired) electrons. The zero-order chi connectivity index (χ0) is 23.5. The Morgan fingerprint density at radius 1 is 1.09 bits per heavy atom. The quantitative estimate of drug-likeness (QED) is 0.462. The summed E-state index contributed by atoms with van der Waals surface area (Å²) < 4.78 is 59.6. The Kier molecular flexibility index (Phi) is 7.09. The Morgan fingerprint density at radius 2 is 1.78 bits per heavy atom. The number of halogens is 4. The number of benzene rings is 1. The van der Waals surface area contributed by atoms with E-state index in [2.05, 4.69) is 5.32 Å². The van der Waals surface area contributed by atoms with Crippen LogP contribution in [0.2, 0.25) is 0 Å². The van der Waals surface area contributed by atoms with Gasteiger partial charge in [0.15, 0.2) is 0 Å². The molecule has 3 aromatic rings. The second-order valence-electron chi connectivity index (χ2n) is 8.78. The topological polar surface area (TPSA) is 69.0 Å². The molecule has 1 aromatic carbocycles. The number of aromatic nitrogens is 2. The molecule has 0 spiro atoms. The van der Waals surface area contributed by atoms with Gasteiger partial charge in [-0.05, 0) is 17.5 Å².